The number of carbonyl (C=O) groups excluding carboxylic acids is 2. The van der Waals surface area contributed by atoms with E-state index in [-0.39, 0.29) is 11.5 Å². The number of rotatable bonds is 8. The number of esters is 1. The van der Waals surface area contributed by atoms with Crippen molar-refractivity contribution in [2.24, 2.45) is 0 Å². The van der Waals surface area contributed by atoms with Crippen molar-refractivity contribution in [1.82, 2.24) is 14.9 Å². The minimum Gasteiger partial charge on any atom is -0.465 e. The summed E-state index contributed by atoms with van der Waals surface area (Å²) in [5.74, 6) is -0.697. The minimum atomic E-state index is -0.511. The maximum Gasteiger partial charge on any atom is 0.337 e. The molecule has 7 nitrogen and oxygen atoms in total. The van der Waals surface area contributed by atoms with Crippen molar-refractivity contribution in [2.45, 2.75) is 23.9 Å². The molecule has 1 amide bonds. The van der Waals surface area contributed by atoms with Crippen LogP contribution in [0.1, 0.15) is 22.8 Å². The first-order chi connectivity index (χ1) is 14.9. The number of ether oxygens (including phenoxy) is 1. The second-order valence-corrected chi connectivity index (χ2v) is 8.10. The van der Waals surface area contributed by atoms with Crippen LogP contribution in [-0.4, -0.2) is 40.3 Å². The number of aromatic nitrogens is 2. The van der Waals surface area contributed by atoms with E-state index in [9.17, 15) is 14.4 Å². The fourth-order valence-corrected chi connectivity index (χ4v) is 3.90. The van der Waals surface area contributed by atoms with Crippen molar-refractivity contribution in [1.29, 1.82) is 0 Å². The van der Waals surface area contributed by atoms with E-state index >= 15 is 0 Å². The van der Waals surface area contributed by atoms with Gasteiger partial charge >= 0.3 is 5.97 Å². The van der Waals surface area contributed by atoms with Gasteiger partial charge in [0.15, 0.2) is 5.16 Å². The smallest absolute Gasteiger partial charge is 0.337 e. The largest absolute Gasteiger partial charge is 0.465 e. The molecule has 0 spiro atoms. The number of hydrogen-bond donors (Lipinski definition) is 1. The van der Waals surface area contributed by atoms with Gasteiger partial charge in [-0.25, -0.2) is 9.78 Å². The summed E-state index contributed by atoms with van der Waals surface area (Å²) in [6, 6.07) is 14.2. The van der Waals surface area contributed by atoms with Gasteiger partial charge < -0.3 is 10.1 Å². The maximum absolute atomic E-state index is 13.3. The van der Waals surface area contributed by atoms with Gasteiger partial charge in [-0.15, -0.1) is 6.58 Å². The van der Waals surface area contributed by atoms with E-state index in [0.717, 1.165) is 5.56 Å². The van der Waals surface area contributed by atoms with Gasteiger partial charge in [0.05, 0.1) is 35.4 Å². The zero-order valence-electron chi connectivity index (χ0n) is 17.3. The molecular formula is C23H23N3O4S. The Morgan fingerprint density at radius 1 is 1.26 bits per heavy atom. The third-order valence-electron chi connectivity index (χ3n) is 4.60. The van der Waals surface area contributed by atoms with Crippen LogP contribution in [0.5, 0.6) is 0 Å². The van der Waals surface area contributed by atoms with E-state index in [0.29, 0.717) is 34.7 Å². The van der Waals surface area contributed by atoms with Gasteiger partial charge in [-0.2, -0.15) is 0 Å². The molecule has 1 unspecified atom stereocenters. The van der Waals surface area contributed by atoms with Crippen LogP contribution in [0.25, 0.3) is 10.9 Å². The molecule has 1 heterocycles. The average Bonchev–Trinajstić information content (AvgIpc) is 2.79. The summed E-state index contributed by atoms with van der Waals surface area (Å²) in [5, 5.41) is 3.04. The third kappa shape index (κ3) is 5.21. The molecule has 0 aliphatic heterocycles. The van der Waals surface area contributed by atoms with Crippen LogP contribution < -0.4 is 10.9 Å². The lowest BCUT2D eigenvalue weighted by Crippen LogP contribution is -2.32. The number of carbonyl (C=O) groups is 2. The van der Waals surface area contributed by atoms with E-state index in [1.54, 1.807) is 29.7 Å². The van der Waals surface area contributed by atoms with Crippen molar-refractivity contribution in [3.8, 4) is 0 Å². The van der Waals surface area contributed by atoms with Crippen LogP contribution in [0.4, 0.5) is 0 Å². The van der Waals surface area contributed by atoms with Crippen LogP contribution in [0.15, 0.2) is 71.1 Å². The number of thioether (sulfide) groups is 1. The van der Waals surface area contributed by atoms with Crippen LogP contribution >= 0.6 is 11.8 Å². The Bertz CT molecular complexity index is 1170. The van der Waals surface area contributed by atoms with Crippen LogP contribution in [0.2, 0.25) is 0 Å². The van der Waals surface area contributed by atoms with E-state index in [1.807, 2.05) is 30.3 Å². The molecule has 160 valence electrons. The van der Waals surface area contributed by atoms with Crippen LogP contribution in [0, 0.1) is 0 Å². The Hall–Kier alpha value is -3.39. The third-order valence-corrected chi connectivity index (χ3v) is 5.69. The number of benzene rings is 2. The highest BCUT2D eigenvalue weighted by Gasteiger charge is 2.20. The quantitative estimate of drug-likeness (QED) is 0.252. The van der Waals surface area contributed by atoms with Gasteiger partial charge in [0.25, 0.3) is 5.56 Å². The number of fused-ring (bicyclic) bond motifs is 1. The molecule has 31 heavy (non-hydrogen) atoms. The van der Waals surface area contributed by atoms with Crippen LogP contribution in [0.3, 0.4) is 0 Å². The molecule has 0 aliphatic rings. The summed E-state index contributed by atoms with van der Waals surface area (Å²) in [7, 11) is 1.29. The SMILES string of the molecule is C=CCNC(=O)C(C)Sc1nc2cc(C(=O)OC)ccc2c(=O)n1Cc1ccccc1. The van der Waals surface area contributed by atoms with Gasteiger partial charge in [-0.1, -0.05) is 48.2 Å². The lowest BCUT2D eigenvalue weighted by atomic mass is 10.1. The van der Waals surface area contributed by atoms with Crippen molar-refractivity contribution in [3.63, 3.8) is 0 Å². The summed E-state index contributed by atoms with van der Waals surface area (Å²) in [6.07, 6.45) is 1.60. The Morgan fingerprint density at radius 3 is 2.68 bits per heavy atom. The number of hydrogen-bond acceptors (Lipinski definition) is 6. The van der Waals surface area contributed by atoms with Gasteiger partial charge in [0, 0.05) is 6.54 Å². The lowest BCUT2D eigenvalue weighted by molar-refractivity contribution is -0.120. The predicted molar refractivity (Wildman–Crippen MR) is 121 cm³/mol. The number of methoxy groups -OCH3 is 1. The molecule has 3 aromatic rings. The Labute approximate surface area is 184 Å². The first kappa shape index (κ1) is 22.3. The molecular weight excluding hydrogens is 414 g/mol. The Morgan fingerprint density at radius 2 is 2.00 bits per heavy atom. The summed E-state index contributed by atoms with van der Waals surface area (Å²) >= 11 is 1.19. The molecule has 1 aromatic heterocycles. The van der Waals surface area contributed by atoms with E-state index in [1.165, 1.54) is 24.9 Å². The fourth-order valence-electron chi connectivity index (χ4n) is 2.97. The van der Waals surface area contributed by atoms with Gasteiger partial charge in [0.2, 0.25) is 5.91 Å². The number of amides is 1. The zero-order valence-corrected chi connectivity index (χ0v) is 18.1. The highest BCUT2D eigenvalue weighted by Crippen LogP contribution is 2.24. The molecule has 0 saturated heterocycles. The van der Waals surface area contributed by atoms with Crippen molar-refractivity contribution in [3.05, 3.63) is 82.7 Å². The summed E-state index contributed by atoms with van der Waals surface area (Å²) in [4.78, 5) is 42.2. The molecule has 8 heteroatoms. The molecule has 0 aliphatic carbocycles. The monoisotopic (exact) mass is 437 g/mol. The second-order valence-electron chi connectivity index (χ2n) is 6.79. The molecule has 1 atom stereocenters. The van der Waals surface area contributed by atoms with E-state index in [4.69, 9.17) is 4.74 Å². The number of nitrogens with zero attached hydrogens (tertiary/aromatic N) is 2. The molecule has 0 fully saturated rings. The maximum atomic E-state index is 13.3. The Kier molecular flexibility index (Phi) is 7.25. The number of nitrogens with one attached hydrogen (secondary N) is 1. The first-order valence-corrected chi connectivity index (χ1v) is 10.5. The van der Waals surface area contributed by atoms with E-state index < -0.39 is 11.2 Å². The minimum absolute atomic E-state index is 0.186. The van der Waals surface area contributed by atoms with Gasteiger partial charge in [-0.3, -0.25) is 14.2 Å². The fraction of sp³-hybridized carbons (Fsp3) is 0.217. The molecule has 1 N–H and O–H groups in total. The van der Waals surface area contributed by atoms with Crippen molar-refractivity contribution in [2.75, 3.05) is 13.7 Å². The molecule has 0 saturated carbocycles. The van der Waals surface area contributed by atoms with Gasteiger partial charge in [0.1, 0.15) is 0 Å². The lowest BCUT2D eigenvalue weighted by Gasteiger charge is -2.16. The second kappa shape index (κ2) is 10.1. The highest BCUT2D eigenvalue weighted by atomic mass is 32.2. The summed E-state index contributed by atoms with van der Waals surface area (Å²) in [5.41, 5.74) is 1.36. The normalized spacial score (nSPS) is 11.7. The standard InChI is InChI=1S/C23H23N3O4S/c1-4-12-24-20(27)15(2)31-23-25-19-13-17(22(29)30-3)10-11-18(19)21(28)26(23)14-16-8-6-5-7-9-16/h4-11,13,15H,1,12,14H2,2-3H3,(H,24,27). The average molecular weight is 438 g/mol. The predicted octanol–water partition coefficient (Wildman–Crippen LogP) is 3.01. The molecule has 0 radical (unpaired) electrons. The topological polar surface area (TPSA) is 90.3 Å². The van der Waals surface area contributed by atoms with Crippen LogP contribution in [-0.2, 0) is 16.1 Å². The first-order valence-electron chi connectivity index (χ1n) is 9.66. The molecule has 2 aromatic carbocycles. The van der Waals surface area contributed by atoms with Gasteiger partial charge in [-0.05, 0) is 30.7 Å². The van der Waals surface area contributed by atoms with Crippen molar-refractivity contribution >= 4 is 34.5 Å². The summed E-state index contributed by atoms with van der Waals surface area (Å²) in [6.45, 7) is 6.01. The summed E-state index contributed by atoms with van der Waals surface area (Å²) < 4.78 is 6.32. The van der Waals surface area contributed by atoms with E-state index in [2.05, 4.69) is 16.9 Å². The zero-order chi connectivity index (χ0) is 22.4. The molecule has 0 bridgehead atoms. The van der Waals surface area contributed by atoms with Crippen molar-refractivity contribution < 1.29 is 14.3 Å². The highest BCUT2D eigenvalue weighted by molar-refractivity contribution is 8.00. The Balaban J connectivity index is 2.09. The molecule has 3 rings (SSSR count).